The summed E-state index contributed by atoms with van der Waals surface area (Å²) >= 11 is 0. The maximum Gasteiger partial charge on any atom is 0.126 e. The standard InChI is InChI=1S/C14H9F2NO/c15-12-2-1-3-14(7-12)18-9-11-6-13(16)5-4-10(11)8-17/h1-7H,9H2. The van der Waals surface area contributed by atoms with Crippen LogP contribution in [0.1, 0.15) is 11.1 Å². The summed E-state index contributed by atoms with van der Waals surface area (Å²) < 4.78 is 31.3. The van der Waals surface area contributed by atoms with E-state index in [0.717, 1.165) is 0 Å². The molecule has 2 rings (SSSR count). The van der Waals surface area contributed by atoms with Gasteiger partial charge in [0.1, 0.15) is 24.0 Å². The van der Waals surface area contributed by atoms with Crippen molar-refractivity contribution in [3.8, 4) is 11.8 Å². The Hall–Kier alpha value is -2.41. The highest BCUT2D eigenvalue weighted by atomic mass is 19.1. The maximum absolute atomic E-state index is 13.0. The lowest BCUT2D eigenvalue weighted by Gasteiger charge is -2.07. The zero-order valence-corrected chi connectivity index (χ0v) is 9.36. The molecule has 0 spiro atoms. The van der Waals surface area contributed by atoms with E-state index in [-0.39, 0.29) is 6.61 Å². The third-order valence-electron chi connectivity index (χ3n) is 2.38. The van der Waals surface area contributed by atoms with Gasteiger partial charge >= 0.3 is 0 Å². The molecule has 0 aliphatic rings. The van der Waals surface area contributed by atoms with Crippen LogP contribution < -0.4 is 4.74 Å². The number of benzene rings is 2. The average Bonchev–Trinajstić information content (AvgIpc) is 2.37. The minimum atomic E-state index is -0.438. The van der Waals surface area contributed by atoms with Crippen molar-refractivity contribution in [2.75, 3.05) is 0 Å². The SMILES string of the molecule is N#Cc1ccc(F)cc1COc1cccc(F)c1. The monoisotopic (exact) mass is 245 g/mol. The molecule has 0 N–H and O–H groups in total. The van der Waals surface area contributed by atoms with Crippen LogP contribution in [0.15, 0.2) is 42.5 Å². The van der Waals surface area contributed by atoms with Crippen LogP contribution in [-0.2, 0) is 6.61 Å². The van der Waals surface area contributed by atoms with Gasteiger partial charge in [-0.3, -0.25) is 0 Å². The van der Waals surface area contributed by atoms with Gasteiger partial charge in [-0.15, -0.1) is 0 Å². The van der Waals surface area contributed by atoms with Crippen LogP contribution in [0.25, 0.3) is 0 Å². The molecular weight excluding hydrogens is 236 g/mol. The van der Waals surface area contributed by atoms with Gasteiger partial charge in [0.25, 0.3) is 0 Å². The summed E-state index contributed by atoms with van der Waals surface area (Å²) in [4.78, 5) is 0. The Bertz CT molecular complexity index is 605. The van der Waals surface area contributed by atoms with Crippen LogP contribution in [0.5, 0.6) is 5.75 Å². The lowest BCUT2D eigenvalue weighted by atomic mass is 10.1. The van der Waals surface area contributed by atoms with Crippen molar-refractivity contribution in [2.45, 2.75) is 6.61 Å². The van der Waals surface area contributed by atoms with Gasteiger partial charge in [0.2, 0.25) is 0 Å². The quantitative estimate of drug-likeness (QED) is 0.830. The van der Waals surface area contributed by atoms with Gasteiger partial charge in [-0.2, -0.15) is 5.26 Å². The van der Waals surface area contributed by atoms with Crippen molar-refractivity contribution in [2.24, 2.45) is 0 Å². The summed E-state index contributed by atoms with van der Waals surface area (Å²) in [5.74, 6) is -0.512. The Kier molecular flexibility index (Phi) is 3.54. The smallest absolute Gasteiger partial charge is 0.126 e. The zero-order chi connectivity index (χ0) is 13.0. The van der Waals surface area contributed by atoms with Crippen molar-refractivity contribution < 1.29 is 13.5 Å². The first-order chi connectivity index (χ1) is 8.69. The van der Waals surface area contributed by atoms with Gasteiger partial charge in [0.15, 0.2) is 0 Å². The maximum atomic E-state index is 13.0. The van der Waals surface area contributed by atoms with E-state index in [2.05, 4.69) is 0 Å². The van der Waals surface area contributed by atoms with Crippen LogP contribution in [0, 0.1) is 23.0 Å². The van der Waals surface area contributed by atoms with Gasteiger partial charge in [-0.05, 0) is 30.3 Å². The summed E-state index contributed by atoms with van der Waals surface area (Å²) in [5.41, 5.74) is 0.773. The van der Waals surface area contributed by atoms with Crippen molar-refractivity contribution in [1.82, 2.24) is 0 Å². The van der Waals surface area contributed by atoms with E-state index in [0.29, 0.717) is 16.9 Å². The van der Waals surface area contributed by atoms with Gasteiger partial charge in [0.05, 0.1) is 11.6 Å². The van der Waals surface area contributed by atoms with Crippen LogP contribution >= 0.6 is 0 Å². The summed E-state index contributed by atoms with van der Waals surface area (Å²) in [7, 11) is 0. The normalized spacial score (nSPS) is 9.83. The van der Waals surface area contributed by atoms with Crippen LogP contribution in [0.3, 0.4) is 0 Å². The van der Waals surface area contributed by atoms with Gasteiger partial charge in [-0.25, -0.2) is 8.78 Å². The largest absolute Gasteiger partial charge is 0.489 e. The van der Waals surface area contributed by atoms with E-state index in [9.17, 15) is 8.78 Å². The molecule has 0 bridgehead atoms. The predicted octanol–water partition coefficient (Wildman–Crippen LogP) is 3.42. The number of halogens is 2. The summed E-state index contributed by atoms with van der Waals surface area (Å²) in [6.45, 7) is 0.0180. The van der Waals surface area contributed by atoms with Crippen molar-refractivity contribution >= 4 is 0 Å². The van der Waals surface area contributed by atoms with Crippen LogP contribution in [-0.4, -0.2) is 0 Å². The van der Waals surface area contributed by atoms with Crippen LogP contribution in [0.2, 0.25) is 0 Å². The Morgan fingerprint density at radius 1 is 1.06 bits per heavy atom. The third kappa shape index (κ3) is 2.83. The Labute approximate surface area is 103 Å². The average molecular weight is 245 g/mol. The highest BCUT2D eigenvalue weighted by Gasteiger charge is 2.05. The molecule has 2 aromatic rings. The minimum absolute atomic E-state index is 0.0180. The topological polar surface area (TPSA) is 33.0 Å². The summed E-state index contributed by atoms with van der Waals surface area (Å²) in [6.07, 6.45) is 0. The molecule has 0 unspecified atom stereocenters. The van der Waals surface area contributed by atoms with E-state index >= 15 is 0 Å². The highest BCUT2D eigenvalue weighted by Crippen LogP contribution is 2.16. The lowest BCUT2D eigenvalue weighted by Crippen LogP contribution is -1.99. The second kappa shape index (κ2) is 5.28. The molecule has 0 radical (unpaired) electrons. The van der Waals surface area contributed by atoms with E-state index in [1.807, 2.05) is 6.07 Å². The molecule has 0 fully saturated rings. The molecule has 0 heterocycles. The first kappa shape index (κ1) is 12.1. The van der Waals surface area contributed by atoms with Crippen LogP contribution in [0.4, 0.5) is 8.78 Å². The molecule has 0 saturated heterocycles. The molecule has 0 aliphatic carbocycles. The molecule has 0 atom stereocenters. The van der Waals surface area contributed by atoms with E-state index in [1.165, 1.54) is 36.4 Å². The Morgan fingerprint density at radius 2 is 1.83 bits per heavy atom. The predicted molar refractivity (Wildman–Crippen MR) is 61.8 cm³/mol. The highest BCUT2D eigenvalue weighted by molar-refractivity contribution is 5.37. The molecule has 4 heteroatoms. The molecule has 0 saturated carbocycles. The number of hydrogen-bond acceptors (Lipinski definition) is 2. The molecule has 2 nitrogen and oxygen atoms in total. The lowest BCUT2D eigenvalue weighted by molar-refractivity contribution is 0.303. The Balaban J connectivity index is 2.15. The zero-order valence-electron chi connectivity index (χ0n) is 9.36. The summed E-state index contributed by atoms with van der Waals surface area (Å²) in [5, 5.41) is 8.86. The first-order valence-electron chi connectivity index (χ1n) is 5.26. The van der Waals surface area contributed by atoms with Crippen molar-refractivity contribution in [3.05, 3.63) is 65.2 Å². The molecular formula is C14H9F2NO. The molecule has 18 heavy (non-hydrogen) atoms. The third-order valence-corrected chi connectivity index (χ3v) is 2.38. The van der Waals surface area contributed by atoms with Crippen molar-refractivity contribution in [1.29, 1.82) is 5.26 Å². The van der Waals surface area contributed by atoms with Crippen molar-refractivity contribution in [3.63, 3.8) is 0 Å². The first-order valence-corrected chi connectivity index (χ1v) is 5.26. The number of rotatable bonds is 3. The Morgan fingerprint density at radius 3 is 2.56 bits per heavy atom. The molecule has 0 aliphatic heterocycles. The van der Waals surface area contributed by atoms with Gasteiger partial charge in [-0.1, -0.05) is 6.07 Å². The van der Waals surface area contributed by atoms with E-state index in [4.69, 9.17) is 10.00 Å². The number of hydrogen-bond donors (Lipinski definition) is 0. The minimum Gasteiger partial charge on any atom is -0.489 e. The van der Waals surface area contributed by atoms with Gasteiger partial charge < -0.3 is 4.74 Å². The molecule has 0 amide bonds. The second-order valence-corrected chi connectivity index (χ2v) is 3.66. The second-order valence-electron chi connectivity index (χ2n) is 3.66. The fourth-order valence-corrected chi connectivity index (χ4v) is 1.51. The fraction of sp³-hybridized carbons (Fsp3) is 0.0714. The molecule has 90 valence electrons. The number of ether oxygens (including phenoxy) is 1. The number of nitriles is 1. The van der Waals surface area contributed by atoms with Gasteiger partial charge in [0, 0.05) is 11.6 Å². The molecule has 2 aromatic carbocycles. The molecule has 0 aromatic heterocycles. The fourth-order valence-electron chi connectivity index (χ4n) is 1.51. The van der Waals surface area contributed by atoms with E-state index < -0.39 is 11.6 Å². The number of nitrogens with zero attached hydrogens (tertiary/aromatic N) is 1. The van der Waals surface area contributed by atoms with E-state index in [1.54, 1.807) is 6.07 Å². The summed E-state index contributed by atoms with van der Waals surface area (Å²) in [6, 6.07) is 11.4.